The number of carbonyl (C=O) groups excluding carboxylic acids is 2. The third-order valence-electron chi connectivity index (χ3n) is 3.15. The van der Waals surface area contributed by atoms with Gasteiger partial charge in [-0.1, -0.05) is 30.1 Å². The summed E-state index contributed by atoms with van der Waals surface area (Å²) in [7, 11) is 0. The van der Waals surface area contributed by atoms with Crippen molar-refractivity contribution in [3.63, 3.8) is 0 Å². The zero-order chi connectivity index (χ0) is 18.1. The number of halogens is 2. The van der Waals surface area contributed by atoms with E-state index in [9.17, 15) is 19.5 Å². The molecule has 1 aromatic rings. The Kier molecular flexibility index (Phi) is 8.57. The van der Waals surface area contributed by atoms with Gasteiger partial charge in [0.1, 0.15) is 6.04 Å². The molecule has 1 aromatic carbocycles. The molecule has 2 amide bonds. The lowest BCUT2D eigenvalue weighted by Gasteiger charge is -2.15. The summed E-state index contributed by atoms with van der Waals surface area (Å²) < 4.78 is 0. The highest BCUT2D eigenvalue weighted by Crippen LogP contribution is 2.20. The number of benzene rings is 1. The van der Waals surface area contributed by atoms with E-state index in [-0.39, 0.29) is 25.2 Å². The molecule has 0 aliphatic heterocycles. The Morgan fingerprint density at radius 2 is 1.67 bits per heavy atom. The van der Waals surface area contributed by atoms with Crippen molar-refractivity contribution in [1.82, 2.24) is 10.6 Å². The van der Waals surface area contributed by atoms with Crippen LogP contribution in [0.25, 0.3) is 0 Å². The van der Waals surface area contributed by atoms with E-state index in [0.717, 1.165) is 6.42 Å². The zero-order valence-electron chi connectivity index (χ0n) is 13.3. The number of rotatable bonds is 9. The summed E-state index contributed by atoms with van der Waals surface area (Å²) in [6, 6.07) is 3.60. The third-order valence-corrected chi connectivity index (χ3v) is 3.58. The zero-order valence-corrected chi connectivity index (χ0v) is 14.8. The molecule has 1 rings (SSSR count). The summed E-state index contributed by atoms with van der Waals surface area (Å²) in [6.45, 7) is 2.47. The Balaban J connectivity index is 2.58. The Bertz CT molecular complexity index is 587. The van der Waals surface area contributed by atoms with E-state index < -0.39 is 17.9 Å². The molecule has 8 heteroatoms. The quantitative estimate of drug-likeness (QED) is 0.618. The molecule has 1 atom stereocenters. The van der Waals surface area contributed by atoms with Crippen LogP contribution in [0.4, 0.5) is 0 Å². The van der Waals surface area contributed by atoms with E-state index in [1.807, 2.05) is 6.92 Å². The van der Waals surface area contributed by atoms with Crippen LogP contribution in [-0.4, -0.2) is 35.5 Å². The number of hydrogen-bond acceptors (Lipinski definition) is 3. The highest BCUT2D eigenvalue weighted by Gasteiger charge is 2.21. The van der Waals surface area contributed by atoms with Crippen molar-refractivity contribution in [3.8, 4) is 0 Å². The molecular formula is C16H20Cl2N2O4. The molecule has 0 fully saturated rings. The summed E-state index contributed by atoms with van der Waals surface area (Å²) >= 11 is 11.8. The molecule has 0 saturated carbocycles. The van der Waals surface area contributed by atoms with Gasteiger partial charge in [-0.05, 0) is 30.2 Å². The first-order valence-corrected chi connectivity index (χ1v) is 8.31. The van der Waals surface area contributed by atoms with Crippen molar-refractivity contribution in [3.05, 3.63) is 33.8 Å². The van der Waals surface area contributed by atoms with E-state index in [1.165, 1.54) is 6.07 Å². The Morgan fingerprint density at radius 3 is 2.21 bits per heavy atom. The summed E-state index contributed by atoms with van der Waals surface area (Å²) in [5, 5.41) is 15.1. The van der Waals surface area contributed by atoms with Crippen LogP contribution in [0.2, 0.25) is 10.0 Å². The number of amides is 2. The van der Waals surface area contributed by atoms with E-state index >= 15 is 0 Å². The molecule has 24 heavy (non-hydrogen) atoms. The standard InChI is InChI=1S/C16H20Cl2N2O4/c1-2-5-19-14(21)3-4-15(22)20-13(16(23)24)8-10-6-11(17)9-12(18)7-10/h6-7,9,13H,2-5,8H2,1H3,(H,19,21)(H,20,22)(H,23,24). The van der Waals surface area contributed by atoms with Gasteiger partial charge in [0.05, 0.1) is 0 Å². The van der Waals surface area contributed by atoms with Crippen molar-refractivity contribution >= 4 is 41.0 Å². The molecule has 0 heterocycles. The van der Waals surface area contributed by atoms with Crippen molar-refractivity contribution in [2.45, 2.75) is 38.6 Å². The summed E-state index contributed by atoms with van der Waals surface area (Å²) in [5.41, 5.74) is 0.598. The molecule has 6 nitrogen and oxygen atoms in total. The van der Waals surface area contributed by atoms with Gasteiger partial charge in [0.25, 0.3) is 0 Å². The van der Waals surface area contributed by atoms with Crippen molar-refractivity contribution in [2.24, 2.45) is 0 Å². The predicted octanol–water partition coefficient (Wildman–Crippen LogP) is 2.41. The minimum Gasteiger partial charge on any atom is -0.480 e. The maximum Gasteiger partial charge on any atom is 0.326 e. The molecule has 3 N–H and O–H groups in total. The first-order chi connectivity index (χ1) is 11.3. The van der Waals surface area contributed by atoms with Gasteiger partial charge in [0.15, 0.2) is 0 Å². The molecule has 0 aromatic heterocycles. The number of carboxylic acids is 1. The topological polar surface area (TPSA) is 95.5 Å². The van der Waals surface area contributed by atoms with Crippen LogP contribution >= 0.6 is 23.2 Å². The fraction of sp³-hybridized carbons (Fsp3) is 0.438. The third kappa shape index (κ3) is 7.66. The van der Waals surface area contributed by atoms with Gasteiger partial charge in [-0.25, -0.2) is 4.79 Å². The highest BCUT2D eigenvalue weighted by molar-refractivity contribution is 6.34. The van der Waals surface area contributed by atoms with Crippen LogP contribution in [0.1, 0.15) is 31.7 Å². The van der Waals surface area contributed by atoms with E-state index in [1.54, 1.807) is 12.1 Å². The summed E-state index contributed by atoms with van der Waals surface area (Å²) in [4.78, 5) is 34.6. The number of nitrogens with one attached hydrogen (secondary N) is 2. The van der Waals surface area contributed by atoms with Crippen molar-refractivity contribution in [2.75, 3.05) is 6.54 Å². The lowest BCUT2D eigenvalue weighted by molar-refractivity contribution is -0.141. The van der Waals surface area contributed by atoms with Crippen LogP contribution in [0, 0.1) is 0 Å². The molecule has 0 aliphatic rings. The Hall–Kier alpha value is -1.79. The SMILES string of the molecule is CCCNC(=O)CCC(=O)NC(Cc1cc(Cl)cc(Cl)c1)C(=O)O. The van der Waals surface area contributed by atoms with E-state index in [2.05, 4.69) is 10.6 Å². The van der Waals surface area contributed by atoms with Gasteiger partial charge in [-0.2, -0.15) is 0 Å². The van der Waals surface area contributed by atoms with Crippen molar-refractivity contribution in [1.29, 1.82) is 0 Å². The fourth-order valence-corrected chi connectivity index (χ4v) is 2.58. The number of carboxylic acid groups (broad SMARTS) is 1. The maximum atomic E-state index is 11.9. The van der Waals surface area contributed by atoms with Crippen LogP contribution < -0.4 is 10.6 Å². The first kappa shape index (κ1) is 20.3. The normalized spacial score (nSPS) is 11.6. The van der Waals surface area contributed by atoms with Crippen LogP contribution in [0.15, 0.2) is 18.2 Å². The van der Waals surface area contributed by atoms with Gasteiger partial charge in [-0.15, -0.1) is 0 Å². The van der Waals surface area contributed by atoms with Crippen LogP contribution in [0.3, 0.4) is 0 Å². The Labute approximate surface area is 150 Å². The lowest BCUT2D eigenvalue weighted by Crippen LogP contribution is -2.42. The van der Waals surface area contributed by atoms with Crippen molar-refractivity contribution < 1.29 is 19.5 Å². The molecule has 132 valence electrons. The number of aliphatic carboxylic acids is 1. The lowest BCUT2D eigenvalue weighted by atomic mass is 10.1. The van der Waals surface area contributed by atoms with Crippen LogP contribution in [-0.2, 0) is 20.8 Å². The maximum absolute atomic E-state index is 11.9. The fourth-order valence-electron chi connectivity index (χ4n) is 2.01. The highest BCUT2D eigenvalue weighted by atomic mass is 35.5. The predicted molar refractivity (Wildman–Crippen MR) is 92.3 cm³/mol. The Morgan fingerprint density at radius 1 is 1.08 bits per heavy atom. The monoisotopic (exact) mass is 374 g/mol. The molecule has 0 spiro atoms. The summed E-state index contributed by atoms with van der Waals surface area (Å²) in [5.74, 6) is -1.91. The molecule has 1 unspecified atom stereocenters. The first-order valence-electron chi connectivity index (χ1n) is 7.55. The van der Waals surface area contributed by atoms with Gasteiger partial charge in [0.2, 0.25) is 11.8 Å². The minimum atomic E-state index is -1.17. The molecule has 0 radical (unpaired) electrons. The number of carbonyl (C=O) groups is 3. The minimum absolute atomic E-state index is 0.0150. The smallest absolute Gasteiger partial charge is 0.326 e. The molecule has 0 aliphatic carbocycles. The second-order valence-corrected chi connectivity index (χ2v) is 6.16. The largest absolute Gasteiger partial charge is 0.480 e. The molecule has 0 saturated heterocycles. The second kappa shape index (κ2) is 10.2. The number of hydrogen-bond donors (Lipinski definition) is 3. The van der Waals surface area contributed by atoms with E-state index in [0.29, 0.717) is 22.2 Å². The van der Waals surface area contributed by atoms with Gasteiger partial charge < -0.3 is 15.7 Å². The second-order valence-electron chi connectivity index (χ2n) is 5.29. The van der Waals surface area contributed by atoms with Crippen LogP contribution in [0.5, 0.6) is 0 Å². The molecule has 0 bridgehead atoms. The average Bonchev–Trinajstić information content (AvgIpc) is 2.49. The molecular weight excluding hydrogens is 355 g/mol. The van der Waals surface area contributed by atoms with Gasteiger partial charge in [-0.3, -0.25) is 9.59 Å². The van der Waals surface area contributed by atoms with E-state index in [4.69, 9.17) is 23.2 Å². The van der Waals surface area contributed by atoms with Gasteiger partial charge in [0, 0.05) is 35.9 Å². The summed E-state index contributed by atoms with van der Waals surface area (Å²) in [6.07, 6.45) is 0.793. The van der Waals surface area contributed by atoms with Gasteiger partial charge >= 0.3 is 5.97 Å². The average molecular weight is 375 g/mol.